The summed E-state index contributed by atoms with van der Waals surface area (Å²) in [6.07, 6.45) is 0.988. The molecule has 2 aromatic carbocycles. The normalized spacial score (nSPS) is 12.1. The number of Topliss-reactive ketones (excluding diaryl/α,β-unsaturated/α-hetero) is 1. The molecule has 0 aliphatic heterocycles. The third-order valence-electron chi connectivity index (χ3n) is 5.31. The van der Waals surface area contributed by atoms with Crippen molar-refractivity contribution < 1.29 is 27.5 Å². The molecule has 190 valence electrons. The van der Waals surface area contributed by atoms with Crippen LogP contribution in [0, 0.1) is 0 Å². The first-order valence-corrected chi connectivity index (χ1v) is 13.0. The van der Waals surface area contributed by atoms with Crippen LogP contribution in [0.4, 0.5) is 5.69 Å². The molecule has 10 heteroatoms. The number of hydrogen-bond acceptors (Lipinski definition) is 6. The third kappa shape index (κ3) is 7.81. The summed E-state index contributed by atoms with van der Waals surface area (Å²) in [5.74, 6) is -0.572. The van der Waals surface area contributed by atoms with E-state index in [4.69, 9.17) is 4.74 Å². The number of carbonyl (C=O) groups excluding carboxylic acids is 3. The Morgan fingerprint density at radius 1 is 1.03 bits per heavy atom. The number of sulfonamides is 1. The van der Waals surface area contributed by atoms with Gasteiger partial charge in [-0.1, -0.05) is 24.3 Å². The van der Waals surface area contributed by atoms with E-state index in [0.29, 0.717) is 16.9 Å². The number of carbonyl (C=O) groups is 3. The van der Waals surface area contributed by atoms with E-state index in [2.05, 4.69) is 5.32 Å². The van der Waals surface area contributed by atoms with E-state index in [1.165, 1.54) is 31.1 Å². The van der Waals surface area contributed by atoms with E-state index in [9.17, 15) is 22.8 Å². The number of ether oxygens (including phenoxy) is 1. The molecule has 0 unspecified atom stereocenters. The summed E-state index contributed by atoms with van der Waals surface area (Å²) in [6, 6.07) is 12.1. The van der Waals surface area contributed by atoms with Crippen LogP contribution in [0.25, 0.3) is 0 Å². The number of benzene rings is 2. The van der Waals surface area contributed by atoms with E-state index in [0.717, 1.165) is 10.6 Å². The fourth-order valence-electron chi connectivity index (χ4n) is 3.45. The quantitative estimate of drug-likeness (QED) is 0.472. The molecule has 1 atom stereocenters. The zero-order valence-electron chi connectivity index (χ0n) is 20.9. The van der Waals surface area contributed by atoms with Gasteiger partial charge in [-0.25, -0.2) is 8.42 Å². The first kappa shape index (κ1) is 27.8. The van der Waals surface area contributed by atoms with Crippen LogP contribution in [0.2, 0.25) is 0 Å². The average molecular weight is 504 g/mol. The van der Waals surface area contributed by atoms with Gasteiger partial charge in [-0.2, -0.15) is 0 Å². The molecule has 0 aliphatic carbocycles. The van der Waals surface area contributed by atoms with Crippen LogP contribution in [0.15, 0.2) is 48.5 Å². The zero-order chi connectivity index (χ0) is 26.3. The zero-order valence-corrected chi connectivity index (χ0v) is 21.8. The summed E-state index contributed by atoms with van der Waals surface area (Å²) in [6.45, 7) is 6.12. The SMILES string of the molecule is COc1cccc(CN(C(=O)CN(c2cccc(C(C)=O)c2)S(C)(=O)=O)[C@H](C)C(=O)NC(C)C)c1. The molecule has 0 radical (unpaired) electrons. The first-order chi connectivity index (χ1) is 16.3. The molecule has 0 spiro atoms. The third-order valence-corrected chi connectivity index (χ3v) is 6.45. The Morgan fingerprint density at radius 3 is 2.26 bits per heavy atom. The van der Waals surface area contributed by atoms with Gasteiger partial charge in [-0.3, -0.25) is 18.7 Å². The van der Waals surface area contributed by atoms with Crippen LogP contribution >= 0.6 is 0 Å². The van der Waals surface area contributed by atoms with Gasteiger partial charge >= 0.3 is 0 Å². The molecule has 2 aromatic rings. The number of methoxy groups -OCH3 is 1. The van der Waals surface area contributed by atoms with Gasteiger partial charge in [0.1, 0.15) is 18.3 Å². The van der Waals surface area contributed by atoms with E-state index >= 15 is 0 Å². The smallest absolute Gasteiger partial charge is 0.244 e. The highest BCUT2D eigenvalue weighted by molar-refractivity contribution is 7.92. The summed E-state index contributed by atoms with van der Waals surface area (Å²) >= 11 is 0. The van der Waals surface area contributed by atoms with Crippen molar-refractivity contribution in [3.05, 3.63) is 59.7 Å². The lowest BCUT2D eigenvalue weighted by molar-refractivity contribution is -0.139. The second-order valence-electron chi connectivity index (χ2n) is 8.59. The highest BCUT2D eigenvalue weighted by Crippen LogP contribution is 2.21. The molecular weight excluding hydrogens is 470 g/mol. The standard InChI is InChI=1S/C25H33N3O6S/c1-17(2)26-25(31)18(3)27(15-20-9-7-12-23(13-20)34-5)24(30)16-28(35(6,32)33)22-11-8-10-21(14-22)19(4)29/h7-14,17-18H,15-16H2,1-6H3,(H,26,31)/t18-/m1/s1. The maximum atomic E-state index is 13.5. The van der Waals surface area contributed by atoms with Crippen molar-refractivity contribution in [1.82, 2.24) is 10.2 Å². The molecule has 0 heterocycles. The van der Waals surface area contributed by atoms with Crippen LogP contribution in [-0.2, 0) is 26.2 Å². The second-order valence-corrected chi connectivity index (χ2v) is 10.5. The minimum atomic E-state index is -3.88. The van der Waals surface area contributed by atoms with Crippen LogP contribution in [-0.4, -0.2) is 62.9 Å². The lowest BCUT2D eigenvalue weighted by Crippen LogP contribution is -2.52. The molecule has 0 bridgehead atoms. The lowest BCUT2D eigenvalue weighted by Gasteiger charge is -2.32. The van der Waals surface area contributed by atoms with Crippen LogP contribution < -0.4 is 14.4 Å². The minimum Gasteiger partial charge on any atom is -0.497 e. The van der Waals surface area contributed by atoms with Crippen LogP contribution in [0.3, 0.4) is 0 Å². The summed E-state index contributed by atoms with van der Waals surface area (Å²) in [7, 11) is -2.36. The number of hydrogen-bond donors (Lipinski definition) is 1. The fourth-order valence-corrected chi connectivity index (χ4v) is 4.29. The van der Waals surface area contributed by atoms with Gasteiger partial charge in [0.15, 0.2) is 5.78 Å². The Balaban J connectivity index is 2.44. The number of amides is 2. The van der Waals surface area contributed by atoms with Gasteiger partial charge in [0.2, 0.25) is 21.8 Å². The molecule has 2 rings (SSSR count). The van der Waals surface area contributed by atoms with Crippen molar-refractivity contribution in [3.8, 4) is 5.75 Å². The molecule has 0 saturated heterocycles. The largest absolute Gasteiger partial charge is 0.497 e. The number of nitrogens with zero attached hydrogens (tertiary/aromatic N) is 2. The van der Waals surface area contributed by atoms with Crippen molar-refractivity contribution in [1.29, 1.82) is 0 Å². The highest BCUT2D eigenvalue weighted by Gasteiger charge is 2.30. The topological polar surface area (TPSA) is 113 Å². The Bertz CT molecular complexity index is 1180. The molecule has 9 nitrogen and oxygen atoms in total. The molecule has 0 aliphatic rings. The van der Waals surface area contributed by atoms with Crippen molar-refractivity contribution >= 4 is 33.3 Å². The Kier molecular flexibility index (Phi) is 9.41. The van der Waals surface area contributed by atoms with E-state index in [1.807, 2.05) is 13.8 Å². The highest BCUT2D eigenvalue weighted by atomic mass is 32.2. The number of rotatable bonds is 11. The number of nitrogens with one attached hydrogen (secondary N) is 1. The number of anilines is 1. The van der Waals surface area contributed by atoms with Crippen molar-refractivity contribution in [3.63, 3.8) is 0 Å². The summed E-state index contributed by atoms with van der Waals surface area (Å²) in [5.41, 5.74) is 1.22. The predicted octanol–water partition coefficient (Wildman–Crippen LogP) is 2.61. The van der Waals surface area contributed by atoms with Gasteiger partial charge in [0, 0.05) is 18.2 Å². The van der Waals surface area contributed by atoms with E-state index < -0.39 is 28.5 Å². The van der Waals surface area contributed by atoms with Gasteiger partial charge in [-0.05, 0) is 57.5 Å². The van der Waals surface area contributed by atoms with Crippen molar-refractivity contribution in [2.24, 2.45) is 0 Å². The Morgan fingerprint density at radius 2 is 1.69 bits per heavy atom. The van der Waals surface area contributed by atoms with Crippen LogP contribution in [0.5, 0.6) is 5.75 Å². The molecule has 0 saturated carbocycles. The van der Waals surface area contributed by atoms with Crippen molar-refractivity contribution in [2.45, 2.75) is 46.3 Å². The maximum Gasteiger partial charge on any atom is 0.244 e. The Labute approximate surface area is 207 Å². The first-order valence-electron chi connectivity index (χ1n) is 11.1. The van der Waals surface area contributed by atoms with Gasteiger partial charge < -0.3 is 15.0 Å². The van der Waals surface area contributed by atoms with Gasteiger partial charge in [0.25, 0.3) is 0 Å². The summed E-state index contributed by atoms with van der Waals surface area (Å²) in [4.78, 5) is 39.5. The molecule has 0 aromatic heterocycles. The summed E-state index contributed by atoms with van der Waals surface area (Å²) in [5, 5.41) is 2.79. The van der Waals surface area contributed by atoms with Gasteiger partial charge in [0.05, 0.1) is 19.1 Å². The lowest BCUT2D eigenvalue weighted by atomic mass is 10.1. The van der Waals surface area contributed by atoms with Crippen molar-refractivity contribution in [2.75, 3.05) is 24.2 Å². The molecule has 0 fully saturated rings. The molecule has 1 N–H and O–H groups in total. The molecule has 35 heavy (non-hydrogen) atoms. The van der Waals surface area contributed by atoms with Crippen LogP contribution in [0.1, 0.15) is 43.6 Å². The second kappa shape index (κ2) is 11.8. The molecule has 2 amide bonds. The maximum absolute atomic E-state index is 13.5. The minimum absolute atomic E-state index is 0.0633. The summed E-state index contributed by atoms with van der Waals surface area (Å²) < 4.78 is 31.5. The monoisotopic (exact) mass is 503 g/mol. The molecular formula is C25H33N3O6S. The van der Waals surface area contributed by atoms with E-state index in [1.54, 1.807) is 43.3 Å². The Hall–Kier alpha value is -3.40. The number of ketones is 1. The van der Waals surface area contributed by atoms with E-state index in [-0.39, 0.29) is 30.0 Å². The van der Waals surface area contributed by atoms with Gasteiger partial charge in [-0.15, -0.1) is 0 Å². The fraction of sp³-hybridized carbons (Fsp3) is 0.400. The predicted molar refractivity (Wildman–Crippen MR) is 135 cm³/mol. The average Bonchev–Trinajstić information content (AvgIpc) is 2.79.